The predicted octanol–water partition coefficient (Wildman–Crippen LogP) is 1.36. The summed E-state index contributed by atoms with van der Waals surface area (Å²) in [6.07, 6.45) is 9.40. The molecule has 0 radical (unpaired) electrons. The molecule has 2 aliphatic heterocycles. The van der Waals surface area contributed by atoms with Crippen LogP contribution in [0, 0.1) is 0 Å². The zero-order chi connectivity index (χ0) is 13.9. The van der Waals surface area contributed by atoms with Crippen molar-refractivity contribution in [3.05, 3.63) is 18.5 Å². The van der Waals surface area contributed by atoms with Crippen LogP contribution in [0.4, 0.5) is 0 Å². The molecule has 0 aliphatic carbocycles. The predicted molar refractivity (Wildman–Crippen MR) is 77.2 cm³/mol. The molecule has 3 rings (SSSR count). The fourth-order valence-electron chi connectivity index (χ4n) is 3.52. The molecular weight excluding hydrogens is 252 g/mol. The Balaban J connectivity index is 1.69. The van der Waals surface area contributed by atoms with Crippen molar-refractivity contribution in [1.82, 2.24) is 19.6 Å². The second-order valence-electron chi connectivity index (χ2n) is 6.05. The van der Waals surface area contributed by atoms with Crippen molar-refractivity contribution in [2.24, 2.45) is 0 Å². The SMILES string of the molecule is CN1CCC[C@H]1C(=O)N1CCCC[C@H]1Cn1cccn1. The van der Waals surface area contributed by atoms with Gasteiger partial charge >= 0.3 is 0 Å². The molecule has 3 heterocycles. The number of piperidine rings is 1. The molecule has 2 aliphatic rings. The summed E-state index contributed by atoms with van der Waals surface area (Å²) in [6, 6.07) is 2.36. The molecule has 0 saturated carbocycles. The molecule has 1 amide bonds. The maximum Gasteiger partial charge on any atom is 0.240 e. The van der Waals surface area contributed by atoms with Crippen LogP contribution in [-0.4, -0.2) is 57.7 Å². The van der Waals surface area contributed by atoms with Crippen LogP contribution < -0.4 is 0 Å². The first kappa shape index (κ1) is 13.6. The summed E-state index contributed by atoms with van der Waals surface area (Å²) in [5.41, 5.74) is 0. The first-order valence-corrected chi connectivity index (χ1v) is 7.74. The Bertz CT molecular complexity index is 445. The minimum Gasteiger partial charge on any atom is -0.336 e. The molecule has 0 bridgehead atoms. The Morgan fingerprint density at radius 3 is 2.85 bits per heavy atom. The smallest absolute Gasteiger partial charge is 0.240 e. The lowest BCUT2D eigenvalue weighted by atomic mass is 10.0. The van der Waals surface area contributed by atoms with Gasteiger partial charge in [-0.25, -0.2) is 0 Å². The van der Waals surface area contributed by atoms with Crippen LogP contribution in [-0.2, 0) is 11.3 Å². The average Bonchev–Trinajstić information content (AvgIpc) is 3.10. The van der Waals surface area contributed by atoms with E-state index in [1.807, 2.05) is 16.9 Å². The molecule has 0 unspecified atom stereocenters. The molecule has 2 fully saturated rings. The molecule has 0 N–H and O–H groups in total. The summed E-state index contributed by atoms with van der Waals surface area (Å²) < 4.78 is 1.95. The highest BCUT2D eigenvalue weighted by Gasteiger charge is 2.35. The Morgan fingerprint density at radius 2 is 2.15 bits per heavy atom. The quantitative estimate of drug-likeness (QED) is 0.837. The summed E-state index contributed by atoms with van der Waals surface area (Å²) in [4.78, 5) is 17.1. The van der Waals surface area contributed by atoms with Crippen molar-refractivity contribution >= 4 is 5.91 Å². The van der Waals surface area contributed by atoms with Gasteiger partial charge in [0.05, 0.1) is 18.6 Å². The molecule has 1 aromatic heterocycles. The number of aromatic nitrogens is 2. The minimum absolute atomic E-state index is 0.105. The van der Waals surface area contributed by atoms with Crippen molar-refractivity contribution in [2.75, 3.05) is 20.1 Å². The van der Waals surface area contributed by atoms with Crippen molar-refractivity contribution in [3.8, 4) is 0 Å². The third-order valence-electron chi connectivity index (χ3n) is 4.67. The number of carbonyl (C=O) groups excluding carboxylic acids is 1. The highest BCUT2D eigenvalue weighted by molar-refractivity contribution is 5.82. The van der Waals surface area contributed by atoms with Crippen LogP contribution in [0.2, 0.25) is 0 Å². The van der Waals surface area contributed by atoms with Crippen molar-refractivity contribution in [1.29, 1.82) is 0 Å². The Hall–Kier alpha value is -1.36. The average molecular weight is 276 g/mol. The molecule has 0 aromatic carbocycles. The van der Waals surface area contributed by atoms with Gasteiger partial charge in [-0.05, 0) is 51.8 Å². The highest BCUT2D eigenvalue weighted by atomic mass is 16.2. The maximum absolute atomic E-state index is 12.8. The summed E-state index contributed by atoms with van der Waals surface area (Å²) in [5, 5.41) is 4.28. The van der Waals surface area contributed by atoms with E-state index in [1.165, 1.54) is 6.42 Å². The number of hydrogen-bond donors (Lipinski definition) is 0. The first-order valence-electron chi connectivity index (χ1n) is 7.74. The third kappa shape index (κ3) is 2.73. The van der Waals surface area contributed by atoms with Gasteiger partial charge in [0, 0.05) is 18.9 Å². The molecular formula is C15H24N4O. The van der Waals surface area contributed by atoms with E-state index >= 15 is 0 Å². The second kappa shape index (κ2) is 5.95. The number of carbonyl (C=O) groups is 1. The summed E-state index contributed by atoms with van der Waals surface area (Å²) in [6.45, 7) is 2.79. The van der Waals surface area contributed by atoms with Gasteiger partial charge < -0.3 is 4.90 Å². The van der Waals surface area contributed by atoms with Gasteiger partial charge in [0.1, 0.15) is 0 Å². The lowest BCUT2D eigenvalue weighted by Crippen LogP contribution is -2.52. The lowest BCUT2D eigenvalue weighted by molar-refractivity contribution is -0.139. The zero-order valence-corrected chi connectivity index (χ0v) is 12.2. The number of nitrogens with zero attached hydrogens (tertiary/aromatic N) is 4. The Kier molecular flexibility index (Phi) is 4.05. The summed E-state index contributed by atoms with van der Waals surface area (Å²) in [5.74, 6) is 0.335. The second-order valence-corrected chi connectivity index (χ2v) is 6.05. The van der Waals surface area contributed by atoms with Gasteiger partial charge in [0.15, 0.2) is 0 Å². The minimum atomic E-state index is 0.105. The van der Waals surface area contributed by atoms with Gasteiger partial charge in [-0.3, -0.25) is 14.4 Å². The van der Waals surface area contributed by atoms with Crippen LogP contribution in [0.15, 0.2) is 18.5 Å². The molecule has 0 spiro atoms. The summed E-state index contributed by atoms with van der Waals surface area (Å²) in [7, 11) is 2.07. The van der Waals surface area contributed by atoms with Gasteiger partial charge in [0.2, 0.25) is 5.91 Å². The standard InChI is InChI=1S/C15H24N4O/c1-17-9-4-7-14(17)15(20)19-11-3-2-6-13(19)12-18-10-5-8-16-18/h5,8,10,13-14H,2-4,6-7,9,11-12H2,1H3/t13-,14-/m0/s1. The maximum atomic E-state index is 12.8. The zero-order valence-electron chi connectivity index (χ0n) is 12.2. The van der Waals surface area contributed by atoms with Gasteiger partial charge in [0.25, 0.3) is 0 Å². The molecule has 1 aromatic rings. The van der Waals surface area contributed by atoms with Crippen LogP contribution in [0.3, 0.4) is 0 Å². The highest BCUT2D eigenvalue weighted by Crippen LogP contribution is 2.24. The summed E-state index contributed by atoms with van der Waals surface area (Å²) >= 11 is 0. The van der Waals surface area contributed by atoms with Crippen molar-refractivity contribution in [3.63, 3.8) is 0 Å². The van der Waals surface area contributed by atoms with E-state index in [2.05, 4.69) is 21.9 Å². The number of amides is 1. The van der Waals surface area contributed by atoms with E-state index in [-0.39, 0.29) is 6.04 Å². The van der Waals surface area contributed by atoms with E-state index in [1.54, 1.807) is 6.20 Å². The fourth-order valence-corrected chi connectivity index (χ4v) is 3.52. The normalized spacial score (nSPS) is 27.9. The Labute approximate surface area is 120 Å². The molecule has 2 atom stereocenters. The molecule has 5 heteroatoms. The van der Waals surface area contributed by atoms with E-state index < -0.39 is 0 Å². The van der Waals surface area contributed by atoms with Gasteiger partial charge in [-0.15, -0.1) is 0 Å². The molecule has 2 saturated heterocycles. The number of likely N-dealkylation sites (N-methyl/N-ethyl adjacent to an activating group) is 1. The fraction of sp³-hybridized carbons (Fsp3) is 0.733. The number of likely N-dealkylation sites (tertiary alicyclic amines) is 2. The van der Waals surface area contributed by atoms with Crippen LogP contribution in [0.1, 0.15) is 32.1 Å². The molecule has 110 valence electrons. The van der Waals surface area contributed by atoms with E-state index in [9.17, 15) is 4.79 Å². The van der Waals surface area contributed by atoms with E-state index in [0.717, 1.165) is 45.3 Å². The van der Waals surface area contributed by atoms with E-state index in [0.29, 0.717) is 11.9 Å². The third-order valence-corrected chi connectivity index (χ3v) is 4.67. The topological polar surface area (TPSA) is 41.4 Å². The molecule has 5 nitrogen and oxygen atoms in total. The van der Waals surface area contributed by atoms with E-state index in [4.69, 9.17) is 0 Å². The van der Waals surface area contributed by atoms with Crippen LogP contribution in [0.5, 0.6) is 0 Å². The number of hydrogen-bond acceptors (Lipinski definition) is 3. The molecule has 20 heavy (non-hydrogen) atoms. The van der Waals surface area contributed by atoms with Crippen molar-refractivity contribution in [2.45, 2.75) is 50.7 Å². The van der Waals surface area contributed by atoms with Crippen molar-refractivity contribution < 1.29 is 4.79 Å². The lowest BCUT2D eigenvalue weighted by Gasteiger charge is -2.38. The van der Waals surface area contributed by atoms with Gasteiger partial charge in [-0.1, -0.05) is 0 Å². The number of rotatable bonds is 3. The van der Waals surface area contributed by atoms with Crippen LogP contribution in [0.25, 0.3) is 0 Å². The monoisotopic (exact) mass is 276 g/mol. The Morgan fingerprint density at radius 1 is 1.25 bits per heavy atom. The largest absolute Gasteiger partial charge is 0.336 e. The first-order chi connectivity index (χ1) is 9.75. The van der Waals surface area contributed by atoms with Crippen LogP contribution >= 0.6 is 0 Å². The van der Waals surface area contributed by atoms with Gasteiger partial charge in [-0.2, -0.15) is 5.10 Å².